The fraction of sp³-hybridized carbons (Fsp3) is 0.692. The van der Waals surface area contributed by atoms with Crippen molar-refractivity contribution in [2.75, 3.05) is 18.1 Å². The van der Waals surface area contributed by atoms with Crippen molar-refractivity contribution in [1.29, 1.82) is 0 Å². The highest BCUT2D eigenvalue weighted by atomic mass is 32.2. The van der Waals surface area contributed by atoms with E-state index in [9.17, 15) is 18.9 Å². The van der Waals surface area contributed by atoms with E-state index in [-0.39, 0.29) is 17.7 Å². The lowest BCUT2D eigenvalue weighted by Gasteiger charge is -2.23. The molecule has 19 heavy (non-hydrogen) atoms. The standard InChI is InChI=1S/C13H19NO4S/c1-2-19(18)6-5-14-12(15)10-8-3-4-9(7-8)11(10)13(16)17/h3-4,8-11H,2,5-7H2,1H3,(H,14,15)(H,16,17). The highest BCUT2D eigenvalue weighted by Gasteiger charge is 2.51. The molecule has 5 atom stereocenters. The molecule has 0 radical (unpaired) electrons. The van der Waals surface area contributed by atoms with Crippen molar-refractivity contribution in [3.8, 4) is 0 Å². The zero-order valence-electron chi connectivity index (χ0n) is 10.9. The number of rotatable bonds is 6. The molecule has 0 saturated heterocycles. The Morgan fingerprint density at radius 3 is 2.53 bits per heavy atom. The minimum atomic E-state index is -0.909. The average Bonchev–Trinajstić information content (AvgIpc) is 2.98. The number of nitrogens with one attached hydrogen (secondary N) is 1. The molecule has 106 valence electrons. The summed E-state index contributed by atoms with van der Waals surface area (Å²) >= 11 is 0. The van der Waals surface area contributed by atoms with Crippen LogP contribution < -0.4 is 5.32 Å². The van der Waals surface area contributed by atoms with Crippen LogP contribution in [-0.4, -0.2) is 39.2 Å². The van der Waals surface area contributed by atoms with Crippen LogP contribution in [0.25, 0.3) is 0 Å². The molecule has 2 rings (SSSR count). The van der Waals surface area contributed by atoms with Gasteiger partial charge in [0.25, 0.3) is 0 Å². The second kappa shape index (κ2) is 5.86. The van der Waals surface area contributed by atoms with Gasteiger partial charge in [-0.1, -0.05) is 19.1 Å². The third-order valence-corrected chi connectivity index (χ3v) is 5.30. The van der Waals surface area contributed by atoms with Gasteiger partial charge in [-0.25, -0.2) is 0 Å². The SMILES string of the molecule is CCS(=O)CCNC(=O)C1C2C=CC(C2)C1C(=O)O. The van der Waals surface area contributed by atoms with Crippen LogP contribution in [0, 0.1) is 23.7 Å². The lowest BCUT2D eigenvalue weighted by molar-refractivity contribution is -0.147. The molecule has 2 aliphatic rings. The van der Waals surface area contributed by atoms with Gasteiger partial charge in [0.15, 0.2) is 0 Å². The maximum atomic E-state index is 12.1. The summed E-state index contributed by atoms with van der Waals surface area (Å²) in [6.07, 6.45) is 4.63. The van der Waals surface area contributed by atoms with Crippen LogP contribution in [0.15, 0.2) is 12.2 Å². The van der Waals surface area contributed by atoms with E-state index in [4.69, 9.17) is 0 Å². The molecule has 5 unspecified atom stereocenters. The van der Waals surface area contributed by atoms with Gasteiger partial charge in [-0.3, -0.25) is 13.8 Å². The van der Waals surface area contributed by atoms with Crippen molar-refractivity contribution < 1.29 is 18.9 Å². The van der Waals surface area contributed by atoms with Crippen molar-refractivity contribution in [3.63, 3.8) is 0 Å². The summed E-state index contributed by atoms with van der Waals surface area (Å²) in [6.45, 7) is 2.18. The second-order valence-corrected chi connectivity index (χ2v) is 6.93. The predicted octanol–water partition coefficient (Wildman–Crippen LogP) is 0.394. The van der Waals surface area contributed by atoms with Gasteiger partial charge in [0, 0.05) is 28.9 Å². The Kier molecular flexibility index (Phi) is 4.39. The molecule has 6 heteroatoms. The first-order valence-corrected chi connectivity index (χ1v) is 8.07. The van der Waals surface area contributed by atoms with Gasteiger partial charge < -0.3 is 10.4 Å². The fourth-order valence-electron chi connectivity index (χ4n) is 3.07. The van der Waals surface area contributed by atoms with Gasteiger partial charge in [-0.15, -0.1) is 0 Å². The molecular weight excluding hydrogens is 266 g/mol. The first-order chi connectivity index (χ1) is 9.04. The van der Waals surface area contributed by atoms with Gasteiger partial charge in [0.05, 0.1) is 11.8 Å². The van der Waals surface area contributed by atoms with E-state index in [1.165, 1.54) is 0 Å². The number of carbonyl (C=O) groups excluding carboxylic acids is 1. The summed E-state index contributed by atoms with van der Waals surface area (Å²) in [5.41, 5.74) is 0. The summed E-state index contributed by atoms with van der Waals surface area (Å²) in [5, 5.41) is 12.0. The molecule has 0 spiro atoms. The van der Waals surface area contributed by atoms with Crippen LogP contribution in [0.5, 0.6) is 0 Å². The van der Waals surface area contributed by atoms with E-state index in [1.54, 1.807) is 0 Å². The zero-order valence-corrected chi connectivity index (χ0v) is 11.7. The van der Waals surface area contributed by atoms with Crippen molar-refractivity contribution >= 4 is 22.7 Å². The number of aliphatic carboxylic acids is 1. The molecule has 2 N–H and O–H groups in total. The summed E-state index contributed by atoms with van der Waals surface area (Å²) in [4.78, 5) is 23.4. The number of hydrogen-bond donors (Lipinski definition) is 2. The van der Waals surface area contributed by atoms with Gasteiger partial charge in [-0.05, 0) is 18.3 Å². The number of allylic oxidation sites excluding steroid dienone is 2. The molecule has 5 nitrogen and oxygen atoms in total. The molecule has 0 aromatic rings. The Bertz CT molecular complexity index is 434. The Labute approximate surface area is 114 Å². The maximum absolute atomic E-state index is 12.1. The van der Waals surface area contributed by atoms with Crippen LogP contribution in [0.2, 0.25) is 0 Å². The number of hydrogen-bond acceptors (Lipinski definition) is 3. The summed E-state index contributed by atoms with van der Waals surface area (Å²) in [7, 11) is -0.909. The van der Waals surface area contributed by atoms with Gasteiger partial charge in [0.1, 0.15) is 0 Å². The topological polar surface area (TPSA) is 83.5 Å². The molecule has 0 aromatic heterocycles. The molecular formula is C13H19NO4S. The van der Waals surface area contributed by atoms with Crippen LogP contribution in [-0.2, 0) is 20.4 Å². The first-order valence-electron chi connectivity index (χ1n) is 6.58. The second-order valence-electron chi connectivity index (χ2n) is 5.06. The summed E-state index contributed by atoms with van der Waals surface area (Å²) in [6, 6.07) is 0. The van der Waals surface area contributed by atoms with Crippen LogP contribution in [0.4, 0.5) is 0 Å². The normalized spacial score (nSPS) is 33.3. The van der Waals surface area contributed by atoms with Crippen molar-refractivity contribution in [3.05, 3.63) is 12.2 Å². The minimum absolute atomic E-state index is 0.0111. The van der Waals surface area contributed by atoms with Crippen LogP contribution >= 0.6 is 0 Å². The van der Waals surface area contributed by atoms with Gasteiger partial charge in [-0.2, -0.15) is 0 Å². The number of carboxylic acids is 1. The lowest BCUT2D eigenvalue weighted by atomic mass is 9.82. The smallest absolute Gasteiger partial charge is 0.307 e. The molecule has 1 amide bonds. The highest BCUT2D eigenvalue weighted by molar-refractivity contribution is 7.84. The zero-order chi connectivity index (χ0) is 14.0. The molecule has 1 saturated carbocycles. The largest absolute Gasteiger partial charge is 0.481 e. The molecule has 2 aliphatic carbocycles. The van der Waals surface area contributed by atoms with E-state index in [0.717, 1.165) is 6.42 Å². The Balaban J connectivity index is 1.93. The van der Waals surface area contributed by atoms with Crippen molar-refractivity contribution in [2.24, 2.45) is 23.7 Å². The predicted molar refractivity (Wildman–Crippen MR) is 71.9 cm³/mol. The number of fused-ring (bicyclic) bond motifs is 2. The highest BCUT2D eigenvalue weighted by Crippen LogP contribution is 2.48. The number of carbonyl (C=O) groups is 2. The quantitative estimate of drug-likeness (QED) is 0.692. The maximum Gasteiger partial charge on any atom is 0.307 e. The van der Waals surface area contributed by atoms with Crippen molar-refractivity contribution in [1.82, 2.24) is 5.32 Å². The van der Waals surface area contributed by atoms with Crippen LogP contribution in [0.1, 0.15) is 13.3 Å². The number of amides is 1. The van der Waals surface area contributed by atoms with Crippen LogP contribution in [0.3, 0.4) is 0 Å². The minimum Gasteiger partial charge on any atom is -0.481 e. The third kappa shape index (κ3) is 2.88. The summed E-state index contributed by atoms with van der Waals surface area (Å²) < 4.78 is 11.3. The molecule has 0 aliphatic heterocycles. The van der Waals surface area contributed by atoms with E-state index >= 15 is 0 Å². The number of carboxylic acid groups (broad SMARTS) is 1. The first kappa shape index (κ1) is 14.2. The Hall–Kier alpha value is -1.17. The monoisotopic (exact) mass is 285 g/mol. The van der Waals surface area contributed by atoms with Gasteiger partial charge >= 0.3 is 5.97 Å². The fourth-order valence-corrected chi connectivity index (χ4v) is 3.69. The third-order valence-electron chi connectivity index (χ3n) is 4.00. The Morgan fingerprint density at radius 1 is 1.32 bits per heavy atom. The molecule has 0 aromatic carbocycles. The van der Waals surface area contributed by atoms with E-state index in [0.29, 0.717) is 18.1 Å². The van der Waals surface area contributed by atoms with Gasteiger partial charge in [0.2, 0.25) is 5.91 Å². The summed E-state index contributed by atoms with van der Waals surface area (Å²) in [5.74, 6) is -1.15. The lowest BCUT2D eigenvalue weighted by Crippen LogP contribution is -2.41. The molecule has 2 bridgehead atoms. The van der Waals surface area contributed by atoms with E-state index in [2.05, 4.69) is 5.32 Å². The van der Waals surface area contributed by atoms with E-state index in [1.807, 2.05) is 19.1 Å². The molecule has 0 heterocycles. The Morgan fingerprint density at radius 2 is 1.95 bits per heavy atom. The van der Waals surface area contributed by atoms with Crippen molar-refractivity contribution in [2.45, 2.75) is 13.3 Å². The average molecular weight is 285 g/mol. The van der Waals surface area contributed by atoms with E-state index < -0.39 is 28.6 Å². The molecule has 1 fully saturated rings.